The summed E-state index contributed by atoms with van der Waals surface area (Å²) in [5.74, 6) is 0. The van der Waals surface area contributed by atoms with Gasteiger partial charge in [0, 0.05) is 12.0 Å². The SMILES string of the molecule is C\C1=C/C=C\C=C\NCC1(C)C. The number of allylic oxidation sites excluding steroid dienone is 4. The lowest BCUT2D eigenvalue weighted by Crippen LogP contribution is -2.26. The molecule has 0 bridgehead atoms. The Morgan fingerprint density at radius 1 is 1.25 bits per heavy atom. The van der Waals surface area contributed by atoms with Crippen LogP contribution in [0.5, 0.6) is 0 Å². The maximum Gasteiger partial charge on any atom is 0.0230 e. The van der Waals surface area contributed by atoms with Crippen LogP contribution in [0.4, 0.5) is 0 Å². The molecule has 1 heterocycles. The van der Waals surface area contributed by atoms with Crippen LogP contribution in [0.2, 0.25) is 0 Å². The van der Waals surface area contributed by atoms with Crippen molar-refractivity contribution in [3.05, 3.63) is 36.1 Å². The minimum absolute atomic E-state index is 0.249. The summed E-state index contributed by atoms with van der Waals surface area (Å²) in [7, 11) is 0. The molecule has 0 saturated heterocycles. The van der Waals surface area contributed by atoms with Gasteiger partial charge in [-0.1, -0.05) is 37.6 Å². The molecule has 1 nitrogen and oxygen atoms in total. The van der Waals surface area contributed by atoms with E-state index in [1.165, 1.54) is 5.57 Å². The highest BCUT2D eigenvalue weighted by Crippen LogP contribution is 2.24. The molecular weight excluding hydrogens is 146 g/mol. The second-order valence-corrected chi connectivity index (χ2v) is 3.86. The lowest BCUT2D eigenvalue weighted by molar-refractivity contribution is 0.433. The smallest absolute Gasteiger partial charge is 0.0230 e. The van der Waals surface area contributed by atoms with Crippen molar-refractivity contribution < 1.29 is 0 Å². The van der Waals surface area contributed by atoms with Crippen LogP contribution in [0.15, 0.2) is 36.1 Å². The third kappa shape index (κ3) is 2.26. The van der Waals surface area contributed by atoms with Crippen LogP contribution in [0.25, 0.3) is 0 Å². The van der Waals surface area contributed by atoms with E-state index in [4.69, 9.17) is 0 Å². The fourth-order valence-electron chi connectivity index (χ4n) is 1.07. The van der Waals surface area contributed by atoms with E-state index in [9.17, 15) is 0 Å². The van der Waals surface area contributed by atoms with E-state index < -0.39 is 0 Å². The van der Waals surface area contributed by atoms with E-state index in [-0.39, 0.29) is 5.41 Å². The second kappa shape index (κ2) is 3.61. The van der Waals surface area contributed by atoms with Gasteiger partial charge in [-0.15, -0.1) is 0 Å². The van der Waals surface area contributed by atoms with Gasteiger partial charge in [0.05, 0.1) is 0 Å². The molecule has 0 radical (unpaired) electrons. The molecule has 12 heavy (non-hydrogen) atoms. The van der Waals surface area contributed by atoms with Crippen molar-refractivity contribution in [2.45, 2.75) is 20.8 Å². The molecule has 1 rings (SSSR count). The minimum atomic E-state index is 0.249. The Kier molecular flexibility index (Phi) is 2.74. The van der Waals surface area contributed by atoms with Crippen LogP contribution >= 0.6 is 0 Å². The summed E-state index contributed by atoms with van der Waals surface area (Å²) in [4.78, 5) is 0. The minimum Gasteiger partial charge on any atom is -0.390 e. The summed E-state index contributed by atoms with van der Waals surface area (Å²) >= 11 is 0. The zero-order chi connectivity index (χ0) is 9.03. The number of nitrogens with one attached hydrogen (secondary N) is 1. The van der Waals surface area contributed by atoms with Crippen molar-refractivity contribution in [1.29, 1.82) is 0 Å². The first-order valence-corrected chi connectivity index (χ1v) is 4.37. The van der Waals surface area contributed by atoms with Gasteiger partial charge in [-0.05, 0) is 19.2 Å². The molecule has 1 aliphatic rings. The fraction of sp³-hybridized carbons (Fsp3) is 0.455. The van der Waals surface area contributed by atoms with Crippen LogP contribution in [0.3, 0.4) is 0 Å². The average molecular weight is 163 g/mol. The zero-order valence-electron chi connectivity index (χ0n) is 8.09. The van der Waals surface area contributed by atoms with Crippen molar-refractivity contribution >= 4 is 0 Å². The predicted molar refractivity (Wildman–Crippen MR) is 53.8 cm³/mol. The summed E-state index contributed by atoms with van der Waals surface area (Å²) in [5, 5.41) is 3.28. The highest BCUT2D eigenvalue weighted by Gasteiger charge is 2.18. The number of hydrogen-bond donors (Lipinski definition) is 1. The molecule has 0 aromatic heterocycles. The van der Waals surface area contributed by atoms with Gasteiger partial charge in [-0.25, -0.2) is 0 Å². The van der Waals surface area contributed by atoms with Crippen molar-refractivity contribution in [2.75, 3.05) is 6.54 Å². The molecule has 1 aliphatic heterocycles. The molecule has 0 saturated carbocycles. The van der Waals surface area contributed by atoms with Crippen LogP contribution in [-0.4, -0.2) is 6.54 Å². The first-order chi connectivity index (χ1) is 5.63. The molecule has 0 spiro atoms. The third-order valence-corrected chi connectivity index (χ3v) is 2.39. The Balaban J connectivity index is 2.85. The first-order valence-electron chi connectivity index (χ1n) is 4.37. The van der Waals surface area contributed by atoms with Gasteiger partial charge in [0.15, 0.2) is 0 Å². The summed E-state index contributed by atoms with van der Waals surface area (Å²) in [5.41, 5.74) is 1.66. The normalized spacial score (nSPS) is 31.4. The number of rotatable bonds is 0. The van der Waals surface area contributed by atoms with E-state index >= 15 is 0 Å². The van der Waals surface area contributed by atoms with Crippen LogP contribution in [0.1, 0.15) is 20.8 Å². The van der Waals surface area contributed by atoms with Crippen molar-refractivity contribution in [2.24, 2.45) is 5.41 Å². The van der Waals surface area contributed by atoms with Gasteiger partial charge < -0.3 is 5.32 Å². The van der Waals surface area contributed by atoms with Gasteiger partial charge in [0.25, 0.3) is 0 Å². The highest BCUT2D eigenvalue weighted by atomic mass is 14.8. The van der Waals surface area contributed by atoms with Crippen LogP contribution in [0, 0.1) is 5.41 Å². The second-order valence-electron chi connectivity index (χ2n) is 3.86. The van der Waals surface area contributed by atoms with Crippen LogP contribution in [-0.2, 0) is 0 Å². The van der Waals surface area contributed by atoms with E-state index in [1.54, 1.807) is 0 Å². The molecular formula is C11H17N. The molecule has 0 aromatic rings. The van der Waals surface area contributed by atoms with Crippen molar-refractivity contribution in [1.82, 2.24) is 5.32 Å². The van der Waals surface area contributed by atoms with Gasteiger partial charge >= 0.3 is 0 Å². The maximum atomic E-state index is 3.28. The molecule has 0 amide bonds. The maximum absolute atomic E-state index is 3.28. The van der Waals surface area contributed by atoms with Gasteiger partial charge in [-0.2, -0.15) is 0 Å². The molecule has 1 heteroatoms. The largest absolute Gasteiger partial charge is 0.390 e. The first kappa shape index (κ1) is 9.11. The van der Waals surface area contributed by atoms with E-state index in [2.05, 4.69) is 38.2 Å². The van der Waals surface area contributed by atoms with Crippen molar-refractivity contribution in [3.63, 3.8) is 0 Å². The van der Waals surface area contributed by atoms with Gasteiger partial charge in [-0.3, -0.25) is 0 Å². The van der Waals surface area contributed by atoms with Gasteiger partial charge in [0.2, 0.25) is 0 Å². The van der Waals surface area contributed by atoms with E-state index in [0.717, 1.165) is 6.54 Å². The highest BCUT2D eigenvalue weighted by molar-refractivity contribution is 5.21. The lowest BCUT2D eigenvalue weighted by Gasteiger charge is -2.25. The van der Waals surface area contributed by atoms with Crippen molar-refractivity contribution in [3.8, 4) is 0 Å². The molecule has 0 atom stereocenters. The summed E-state index contributed by atoms with van der Waals surface area (Å²) in [6, 6.07) is 0. The summed E-state index contributed by atoms with van der Waals surface area (Å²) in [6.45, 7) is 7.67. The molecule has 1 N–H and O–H groups in total. The Morgan fingerprint density at radius 2 is 2.00 bits per heavy atom. The Labute approximate surface area is 74.9 Å². The monoisotopic (exact) mass is 163 g/mol. The molecule has 0 aromatic carbocycles. The lowest BCUT2D eigenvalue weighted by atomic mass is 9.85. The average Bonchev–Trinajstić information content (AvgIpc) is 2.06. The standard InChI is InChI=1S/C11H17N/c1-10-7-5-4-6-8-12-9-11(10,2)3/h4-8,12H,9H2,1-3H3/b5-4-,8-6+,10-7+. The fourth-order valence-corrected chi connectivity index (χ4v) is 1.07. The molecule has 0 fully saturated rings. The van der Waals surface area contributed by atoms with Crippen LogP contribution < -0.4 is 5.32 Å². The Hall–Kier alpha value is -0.980. The molecule has 66 valence electrons. The Bertz CT molecular complexity index is 231. The molecule has 0 aliphatic carbocycles. The predicted octanol–water partition coefficient (Wildman–Crippen LogP) is 2.63. The number of hydrogen-bond acceptors (Lipinski definition) is 1. The summed E-state index contributed by atoms with van der Waals surface area (Å²) < 4.78 is 0. The zero-order valence-corrected chi connectivity index (χ0v) is 8.09. The topological polar surface area (TPSA) is 12.0 Å². The van der Waals surface area contributed by atoms with Gasteiger partial charge in [0.1, 0.15) is 0 Å². The summed E-state index contributed by atoms with van der Waals surface area (Å²) in [6.07, 6.45) is 10.3. The quantitative estimate of drug-likeness (QED) is 0.579. The van der Waals surface area contributed by atoms with E-state index in [1.807, 2.05) is 18.4 Å². The van der Waals surface area contributed by atoms with E-state index in [0.29, 0.717) is 0 Å². The Morgan fingerprint density at radius 3 is 2.75 bits per heavy atom. The molecule has 0 unspecified atom stereocenters. The third-order valence-electron chi connectivity index (χ3n) is 2.39.